The average Bonchev–Trinajstić information content (AvgIpc) is 3.16. The molecule has 174 valence electrons. The van der Waals surface area contributed by atoms with Gasteiger partial charge >= 0.3 is 12.1 Å². The van der Waals surface area contributed by atoms with E-state index in [0.717, 1.165) is 22.3 Å². The molecule has 3 aromatic carbocycles. The molecule has 4 rings (SSSR count). The van der Waals surface area contributed by atoms with Crippen molar-refractivity contribution in [1.82, 2.24) is 5.32 Å². The Morgan fingerprint density at radius 2 is 1.56 bits per heavy atom. The number of hydrogen-bond donors (Lipinski definition) is 3. The number of ether oxygens (including phenoxy) is 1. The second-order valence-electron chi connectivity index (χ2n) is 8.20. The lowest BCUT2D eigenvalue weighted by atomic mass is 9.98. The van der Waals surface area contributed by atoms with E-state index in [1.165, 1.54) is 6.07 Å². The Morgan fingerprint density at radius 1 is 0.941 bits per heavy atom. The molecule has 0 fully saturated rings. The van der Waals surface area contributed by atoms with Gasteiger partial charge in [0, 0.05) is 11.6 Å². The van der Waals surface area contributed by atoms with Gasteiger partial charge in [-0.15, -0.1) is 0 Å². The summed E-state index contributed by atoms with van der Waals surface area (Å²) in [7, 11) is 0. The minimum absolute atomic E-state index is 0.0755. The summed E-state index contributed by atoms with van der Waals surface area (Å²) in [5.74, 6) is -1.59. The van der Waals surface area contributed by atoms with Crippen molar-refractivity contribution in [2.24, 2.45) is 0 Å². The third-order valence-electron chi connectivity index (χ3n) is 6.18. The number of carboxylic acids is 1. The van der Waals surface area contributed by atoms with Crippen LogP contribution in [0.5, 0.6) is 0 Å². The standard InChI is InChI=1S/C27H26N2O5/c1-3-23(25(30)28-24-14-8-13-17(16(24)2)26(31)32)29-27(33)34-15-22-20-11-6-4-9-18(20)19-10-5-7-12-21(19)22/h4-14,22-23H,3,15H2,1-2H3,(H,28,30)(H,29,33)(H,31,32)/t23-/m1/s1. The molecule has 0 spiro atoms. The third-order valence-corrected chi connectivity index (χ3v) is 6.18. The van der Waals surface area contributed by atoms with Crippen LogP contribution in [0.2, 0.25) is 0 Å². The maximum absolute atomic E-state index is 12.8. The number of anilines is 1. The highest BCUT2D eigenvalue weighted by atomic mass is 16.5. The van der Waals surface area contributed by atoms with Crippen LogP contribution in [-0.4, -0.2) is 35.7 Å². The van der Waals surface area contributed by atoms with Gasteiger partial charge in [-0.1, -0.05) is 61.5 Å². The number of rotatable bonds is 7. The monoisotopic (exact) mass is 458 g/mol. The first-order valence-electron chi connectivity index (χ1n) is 11.2. The molecule has 0 aromatic heterocycles. The van der Waals surface area contributed by atoms with Gasteiger partial charge in [-0.05, 0) is 53.3 Å². The first-order valence-corrected chi connectivity index (χ1v) is 11.2. The Hall–Kier alpha value is -4.13. The first-order chi connectivity index (χ1) is 16.4. The predicted molar refractivity (Wildman–Crippen MR) is 129 cm³/mol. The number of alkyl carbamates (subject to hydrolysis) is 1. The molecule has 1 atom stereocenters. The van der Waals surface area contributed by atoms with Crippen LogP contribution >= 0.6 is 0 Å². The Bertz CT molecular complexity index is 1210. The van der Waals surface area contributed by atoms with Gasteiger partial charge < -0.3 is 20.5 Å². The van der Waals surface area contributed by atoms with Gasteiger partial charge in [0.25, 0.3) is 0 Å². The van der Waals surface area contributed by atoms with E-state index in [4.69, 9.17) is 4.74 Å². The number of aromatic carboxylic acids is 1. The first kappa shape index (κ1) is 23.0. The number of benzene rings is 3. The van der Waals surface area contributed by atoms with E-state index < -0.39 is 24.0 Å². The van der Waals surface area contributed by atoms with Crippen molar-refractivity contribution in [2.75, 3.05) is 11.9 Å². The fourth-order valence-corrected chi connectivity index (χ4v) is 4.36. The fourth-order valence-electron chi connectivity index (χ4n) is 4.36. The Labute approximate surface area is 197 Å². The molecule has 34 heavy (non-hydrogen) atoms. The molecular weight excluding hydrogens is 432 g/mol. The maximum Gasteiger partial charge on any atom is 0.407 e. The molecular formula is C27H26N2O5. The molecule has 0 saturated heterocycles. The molecule has 1 aliphatic carbocycles. The summed E-state index contributed by atoms with van der Waals surface area (Å²) < 4.78 is 5.54. The van der Waals surface area contributed by atoms with Crippen molar-refractivity contribution in [1.29, 1.82) is 0 Å². The molecule has 3 aromatic rings. The molecule has 0 unspecified atom stereocenters. The summed E-state index contributed by atoms with van der Waals surface area (Å²) in [5, 5.41) is 14.6. The van der Waals surface area contributed by atoms with Crippen LogP contribution in [-0.2, 0) is 9.53 Å². The molecule has 0 aliphatic heterocycles. The SMILES string of the molecule is CC[C@@H](NC(=O)OCC1c2ccccc2-c2ccccc21)C(=O)Nc1cccc(C(=O)O)c1C. The van der Waals surface area contributed by atoms with E-state index in [0.29, 0.717) is 17.7 Å². The highest BCUT2D eigenvalue weighted by Gasteiger charge is 2.29. The zero-order valence-electron chi connectivity index (χ0n) is 19.0. The van der Waals surface area contributed by atoms with Crippen LogP contribution in [0.4, 0.5) is 10.5 Å². The van der Waals surface area contributed by atoms with E-state index in [2.05, 4.69) is 22.8 Å². The van der Waals surface area contributed by atoms with Gasteiger partial charge in [0.15, 0.2) is 0 Å². The van der Waals surface area contributed by atoms with Crippen molar-refractivity contribution in [2.45, 2.75) is 32.2 Å². The van der Waals surface area contributed by atoms with Crippen molar-refractivity contribution in [3.05, 3.63) is 89.0 Å². The summed E-state index contributed by atoms with van der Waals surface area (Å²) in [6.07, 6.45) is -0.340. The Balaban J connectivity index is 1.40. The minimum atomic E-state index is -1.07. The minimum Gasteiger partial charge on any atom is -0.478 e. The van der Waals surface area contributed by atoms with E-state index in [1.54, 1.807) is 26.0 Å². The molecule has 0 heterocycles. The zero-order valence-corrected chi connectivity index (χ0v) is 19.0. The smallest absolute Gasteiger partial charge is 0.407 e. The second-order valence-corrected chi connectivity index (χ2v) is 8.20. The zero-order chi connectivity index (χ0) is 24.2. The summed E-state index contributed by atoms with van der Waals surface area (Å²) in [6, 6.07) is 19.9. The van der Waals surface area contributed by atoms with Gasteiger partial charge in [-0.3, -0.25) is 4.79 Å². The lowest BCUT2D eigenvalue weighted by Gasteiger charge is -2.19. The maximum atomic E-state index is 12.8. The summed E-state index contributed by atoms with van der Waals surface area (Å²) in [4.78, 5) is 36.7. The molecule has 1 aliphatic rings. The van der Waals surface area contributed by atoms with Crippen molar-refractivity contribution in [3.8, 4) is 11.1 Å². The van der Waals surface area contributed by atoms with Crippen LogP contribution in [0.1, 0.15) is 46.3 Å². The Kier molecular flexibility index (Phi) is 6.63. The molecule has 0 bridgehead atoms. The molecule has 7 nitrogen and oxygen atoms in total. The van der Waals surface area contributed by atoms with E-state index in [-0.39, 0.29) is 18.1 Å². The van der Waals surface area contributed by atoms with E-state index in [9.17, 15) is 19.5 Å². The normalized spacial score (nSPS) is 12.9. The van der Waals surface area contributed by atoms with Gasteiger partial charge in [0.05, 0.1) is 5.56 Å². The molecule has 7 heteroatoms. The largest absolute Gasteiger partial charge is 0.478 e. The van der Waals surface area contributed by atoms with Crippen molar-refractivity contribution >= 4 is 23.7 Å². The number of carbonyl (C=O) groups excluding carboxylic acids is 2. The number of fused-ring (bicyclic) bond motifs is 3. The third kappa shape index (κ3) is 4.50. The molecule has 3 N–H and O–H groups in total. The van der Waals surface area contributed by atoms with Crippen LogP contribution < -0.4 is 10.6 Å². The van der Waals surface area contributed by atoms with Gasteiger partial charge in [-0.2, -0.15) is 0 Å². The van der Waals surface area contributed by atoms with Crippen LogP contribution in [0, 0.1) is 6.92 Å². The summed E-state index contributed by atoms with van der Waals surface area (Å²) >= 11 is 0. The van der Waals surface area contributed by atoms with Gasteiger partial charge in [-0.25, -0.2) is 9.59 Å². The van der Waals surface area contributed by atoms with Gasteiger partial charge in [0.2, 0.25) is 5.91 Å². The Morgan fingerprint density at radius 3 is 2.15 bits per heavy atom. The topological polar surface area (TPSA) is 105 Å². The highest BCUT2D eigenvalue weighted by molar-refractivity contribution is 5.99. The lowest BCUT2D eigenvalue weighted by molar-refractivity contribution is -0.118. The number of nitrogens with one attached hydrogen (secondary N) is 2. The predicted octanol–water partition coefficient (Wildman–Crippen LogP) is 4.95. The molecule has 0 saturated carbocycles. The fraction of sp³-hybridized carbons (Fsp3) is 0.222. The van der Waals surface area contributed by atoms with Gasteiger partial charge in [0.1, 0.15) is 12.6 Å². The summed E-state index contributed by atoms with van der Waals surface area (Å²) in [5.41, 5.74) is 5.42. The van der Waals surface area contributed by atoms with Crippen LogP contribution in [0.25, 0.3) is 11.1 Å². The van der Waals surface area contributed by atoms with Crippen LogP contribution in [0.15, 0.2) is 66.7 Å². The molecule has 2 amide bonds. The number of carboxylic acid groups (broad SMARTS) is 1. The average molecular weight is 459 g/mol. The van der Waals surface area contributed by atoms with Crippen LogP contribution in [0.3, 0.4) is 0 Å². The van der Waals surface area contributed by atoms with Crippen molar-refractivity contribution in [3.63, 3.8) is 0 Å². The van der Waals surface area contributed by atoms with E-state index in [1.807, 2.05) is 36.4 Å². The quantitative estimate of drug-likeness (QED) is 0.465. The van der Waals surface area contributed by atoms with E-state index >= 15 is 0 Å². The highest BCUT2D eigenvalue weighted by Crippen LogP contribution is 2.44. The van der Waals surface area contributed by atoms with Crippen molar-refractivity contribution < 1.29 is 24.2 Å². The molecule has 0 radical (unpaired) electrons. The lowest BCUT2D eigenvalue weighted by Crippen LogP contribution is -2.44. The second kappa shape index (κ2) is 9.79. The summed E-state index contributed by atoms with van der Waals surface area (Å²) in [6.45, 7) is 3.55. The number of hydrogen-bond acceptors (Lipinski definition) is 4. The number of carbonyl (C=O) groups is 3. The number of amides is 2.